The van der Waals surface area contributed by atoms with Crippen molar-refractivity contribution in [1.29, 1.82) is 0 Å². The van der Waals surface area contributed by atoms with Crippen LogP contribution in [-0.4, -0.2) is 26.9 Å². The lowest BCUT2D eigenvalue weighted by molar-refractivity contribution is 0.360. The number of halogens is 1. The summed E-state index contributed by atoms with van der Waals surface area (Å²) in [4.78, 5) is 4.90. The number of aryl methyl sites for hydroxylation is 2. The fourth-order valence-electron chi connectivity index (χ4n) is 3.54. The lowest BCUT2D eigenvalue weighted by Gasteiger charge is -2.30. The first-order chi connectivity index (χ1) is 10.2. The van der Waals surface area contributed by atoms with E-state index >= 15 is 0 Å². The molecule has 0 radical (unpaired) electrons. The van der Waals surface area contributed by atoms with Crippen LogP contribution in [0.25, 0.3) is 11.0 Å². The van der Waals surface area contributed by atoms with E-state index in [2.05, 4.69) is 35.9 Å². The molecule has 1 aliphatic carbocycles. The molecule has 4 heteroatoms. The van der Waals surface area contributed by atoms with Gasteiger partial charge in [-0.2, -0.15) is 11.8 Å². The normalized spacial score (nSPS) is 22.8. The van der Waals surface area contributed by atoms with Gasteiger partial charge < -0.3 is 4.57 Å². The number of para-hydroxylation sites is 1. The van der Waals surface area contributed by atoms with Crippen LogP contribution >= 0.6 is 23.4 Å². The van der Waals surface area contributed by atoms with Crippen molar-refractivity contribution in [2.45, 2.75) is 50.3 Å². The molecule has 1 aromatic heterocycles. The Hall–Kier alpha value is -0.670. The third kappa shape index (κ3) is 2.95. The second-order valence-corrected chi connectivity index (χ2v) is 7.47. The van der Waals surface area contributed by atoms with Crippen LogP contribution in [0, 0.1) is 6.92 Å². The molecule has 0 amide bonds. The Morgan fingerprint density at radius 1 is 1.38 bits per heavy atom. The summed E-state index contributed by atoms with van der Waals surface area (Å²) in [6.07, 6.45) is 8.30. The number of imidazole rings is 1. The molecule has 1 aromatic carbocycles. The summed E-state index contributed by atoms with van der Waals surface area (Å²) in [5.41, 5.74) is 3.71. The molecule has 3 rings (SSSR count). The Morgan fingerprint density at radius 3 is 3.00 bits per heavy atom. The molecule has 0 aliphatic heterocycles. The van der Waals surface area contributed by atoms with Gasteiger partial charge >= 0.3 is 0 Å². The van der Waals surface area contributed by atoms with Gasteiger partial charge in [0.2, 0.25) is 0 Å². The highest BCUT2D eigenvalue weighted by atomic mass is 35.5. The van der Waals surface area contributed by atoms with Crippen LogP contribution in [0.3, 0.4) is 0 Å². The maximum Gasteiger partial charge on any atom is 0.111 e. The van der Waals surface area contributed by atoms with Gasteiger partial charge in [0.05, 0.1) is 11.0 Å². The summed E-state index contributed by atoms with van der Waals surface area (Å²) < 4.78 is 2.49. The minimum absolute atomic E-state index is 0.584. The summed E-state index contributed by atoms with van der Waals surface area (Å²) in [6.45, 7) is 2.15. The van der Waals surface area contributed by atoms with Crippen molar-refractivity contribution in [1.82, 2.24) is 9.55 Å². The van der Waals surface area contributed by atoms with E-state index in [-0.39, 0.29) is 0 Å². The molecular weight excluding hydrogens is 300 g/mol. The summed E-state index contributed by atoms with van der Waals surface area (Å²) in [5, 5.41) is 0.787. The van der Waals surface area contributed by atoms with E-state index in [1.807, 2.05) is 11.8 Å². The van der Waals surface area contributed by atoms with Gasteiger partial charge in [0.1, 0.15) is 5.82 Å². The Labute approximate surface area is 136 Å². The third-order valence-electron chi connectivity index (χ3n) is 4.61. The fourth-order valence-corrected chi connectivity index (χ4v) is 4.53. The van der Waals surface area contributed by atoms with Crippen LogP contribution in [0.4, 0.5) is 0 Å². The second-order valence-electron chi connectivity index (χ2n) is 5.96. The largest absolute Gasteiger partial charge is 0.325 e. The van der Waals surface area contributed by atoms with E-state index in [0.29, 0.717) is 11.9 Å². The molecule has 2 unspecified atom stereocenters. The highest BCUT2D eigenvalue weighted by molar-refractivity contribution is 7.99. The van der Waals surface area contributed by atoms with Gasteiger partial charge in [-0.3, -0.25) is 0 Å². The molecule has 1 aliphatic rings. The number of hydrogen-bond donors (Lipinski definition) is 0. The smallest absolute Gasteiger partial charge is 0.111 e. The van der Waals surface area contributed by atoms with Crippen LogP contribution < -0.4 is 0 Å². The summed E-state index contributed by atoms with van der Waals surface area (Å²) in [7, 11) is 0. The Morgan fingerprint density at radius 2 is 2.24 bits per heavy atom. The molecular formula is C17H23ClN2S. The maximum absolute atomic E-state index is 6.01. The van der Waals surface area contributed by atoms with E-state index in [4.69, 9.17) is 16.6 Å². The number of benzene rings is 1. The molecule has 0 spiro atoms. The second kappa shape index (κ2) is 6.62. The standard InChI is InChI=1S/C17H23ClN2S/c1-12-5-3-8-15-17(12)19-16(9-10-18)20(15)13-6-4-7-14(11-13)21-2/h3,5,8,13-14H,4,6-7,9-11H2,1-2H3. The minimum atomic E-state index is 0.584. The number of fused-ring (bicyclic) bond motifs is 1. The van der Waals surface area contributed by atoms with Gasteiger partial charge in [0.25, 0.3) is 0 Å². The van der Waals surface area contributed by atoms with Gasteiger partial charge in [-0.1, -0.05) is 18.6 Å². The highest BCUT2D eigenvalue weighted by Crippen LogP contribution is 2.37. The van der Waals surface area contributed by atoms with Crippen molar-refractivity contribution in [3.63, 3.8) is 0 Å². The number of alkyl halides is 1. The van der Waals surface area contributed by atoms with Crippen LogP contribution in [-0.2, 0) is 6.42 Å². The van der Waals surface area contributed by atoms with E-state index in [0.717, 1.165) is 17.2 Å². The molecule has 2 nitrogen and oxygen atoms in total. The zero-order valence-corrected chi connectivity index (χ0v) is 14.4. The number of nitrogens with zero attached hydrogens (tertiary/aromatic N) is 2. The summed E-state index contributed by atoms with van der Waals surface area (Å²) in [5.74, 6) is 1.81. The molecule has 114 valence electrons. The van der Waals surface area contributed by atoms with Crippen LogP contribution in [0.5, 0.6) is 0 Å². The molecule has 2 aromatic rings. The third-order valence-corrected chi connectivity index (χ3v) is 5.89. The number of hydrogen-bond acceptors (Lipinski definition) is 2. The SMILES string of the molecule is CSC1CCCC(n2c(CCCl)nc3c(C)cccc32)C1. The van der Waals surface area contributed by atoms with Crippen molar-refractivity contribution in [3.8, 4) is 0 Å². The number of rotatable bonds is 4. The number of aromatic nitrogens is 2. The zero-order chi connectivity index (χ0) is 14.8. The molecule has 1 heterocycles. The summed E-state index contributed by atoms with van der Waals surface area (Å²) >= 11 is 8.03. The molecule has 1 saturated carbocycles. The van der Waals surface area contributed by atoms with Crippen LogP contribution in [0.2, 0.25) is 0 Å². The first-order valence-corrected chi connectivity index (χ1v) is 9.62. The number of thioether (sulfide) groups is 1. The lowest BCUT2D eigenvalue weighted by Crippen LogP contribution is -2.22. The Balaban J connectivity index is 2.06. The van der Waals surface area contributed by atoms with Gasteiger partial charge in [0, 0.05) is 23.6 Å². The maximum atomic E-state index is 6.01. The van der Waals surface area contributed by atoms with E-state index in [1.165, 1.54) is 42.6 Å². The molecule has 1 fully saturated rings. The predicted octanol–water partition coefficient (Wildman–Crippen LogP) is 4.97. The molecule has 0 bridgehead atoms. The monoisotopic (exact) mass is 322 g/mol. The van der Waals surface area contributed by atoms with Crippen molar-refractivity contribution in [2.75, 3.05) is 12.1 Å². The lowest BCUT2D eigenvalue weighted by atomic mass is 9.94. The quantitative estimate of drug-likeness (QED) is 0.739. The van der Waals surface area contributed by atoms with Gasteiger partial charge in [-0.15, -0.1) is 11.6 Å². The van der Waals surface area contributed by atoms with Crippen molar-refractivity contribution in [2.24, 2.45) is 0 Å². The van der Waals surface area contributed by atoms with Gasteiger partial charge in [-0.05, 0) is 44.1 Å². The topological polar surface area (TPSA) is 17.8 Å². The average molecular weight is 323 g/mol. The van der Waals surface area contributed by atoms with Crippen LogP contribution in [0.15, 0.2) is 18.2 Å². The van der Waals surface area contributed by atoms with Crippen molar-refractivity contribution >= 4 is 34.4 Å². The van der Waals surface area contributed by atoms with Crippen molar-refractivity contribution in [3.05, 3.63) is 29.6 Å². The molecule has 0 saturated heterocycles. The minimum Gasteiger partial charge on any atom is -0.325 e. The van der Waals surface area contributed by atoms with Crippen molar-refractivity contribution < 1.29 is 0 Å². The van der Waals surface area contributed by atoms with E-state index < -0.39 is 0 Å². The Bertz CT molecular complexity index is 623. The Kier molecular flexibility index (Phi) is 4.80. The van der Waals surface area contributed by atoms with E-state index in [9.17, 15) is 0 Å². The van der Waals surface area contributed by atoms with Gasteiger partial charge in [-0.25, -0.2) is 4.98 Å². The zero-order valence-electron chi connectivity index (χ0n) is 12.8. The summed E-state index contributed by atoms with van der Waals surface area (Å²) in [6, 6.07) is 7.10. The van der Waals surface area contributed by atoms with Gasteiger partial charge in [0.15, 0.2) is 0 Å². The van der Waals surface area contributed by atoms with Crippen LogP contribution in [0.1, 0.15) is 43.1 Å². The first-order valence-electron chi connectivity index (χ1n) is 7.79. The average Bonchev–Trinajstić information content (AvgIpc) is 2.87. The molecule has 2 atom stereocenters. The fraction of sp³-hybridized carbons (Fsp3) is 0.588. The predicted molar refractivity (Wildman–Crippen MR) is 93.7 cm³/mol. The highest BCUT2D eigenvalue weighted by Gasteiger charge is 2.26. The van der Waals surface area contributed by atoms with E-state index in [1.54, 1.807) is 0 Å². The first kappa shape index (κ1) is 15.2. The molecule has 21 heavy (non-hydrogen) atoms. The molecule has 0 N–H and O–H groups in total.